The zero-order chi connectivity index (χ0) is 10.8. The van der Waals surface area contributed by atoms with Gasteiger partial charge >= 0.3 is 0 Å². The van der Waals surface area contributed by atoms with Gasteiger partial charge in [0.05, 0.1) is 5.02 Å². The lowest BCUT2D eigenvalue weighted by Crippen LogP contribution is -1.99. The number of pyridine rings is 1. The van der Waals surface area contributed by atoms with Crippen LogP contribution < -0.4 is 0 Å². The Kier molecular flexibility index (Phi) is 3.41. The summed E-state index contributed by atoms with van der Waals surface area (Å²) in [5, 5.41) is 14.4. The van der Waals surface area contributed by atoms with Gasteiger partial charge in [0.2, 0.25) is 0 Å². The van der Waals surface area contributed by atoms with Crippen LogP contribution in [0.3, 0.4) is 0 Å². The molecule has 1 unspecified atom stereocenters. The Morgan fingerprint density at radius 1 is 1.40 bits per heavy atom. The van der Waals surface area contributed by atoms with Crippen molar-refractivity contribution in [3.63, 3.8) is 0 Å². The minimum Gasteiger partial charge on any atom is -0.384 e. The van der Waals surface area contributed by atoms with Crippen LogP contribution in [0.5, 0.6) is 0 Å². The monoisotopic (exact) mass is 303 g/mol. The van der Waals surface area contributed by atoms with Crippen molar-refractivity contribution in [3.8, 4) is 0 Å². The molecule has 1 N–H and O–H groups in total. The van der Waals surface area contributed by atoms with E-state index in [1.807, 2.05) is 10.8 Å². The molecule has 0 amide bonds. The summed E-state index contributed by atoms with van der Waals surface area (Å²) in [6, 6.07) is 1.72. The molecule has 0 radical (unpaired) electrons. The molecular formula is C10H7BrClNOS. The van der Waals surface area contributed by atoms with Crippen LogP contribution in [-0.2, 0) is 0 Å². The number of nitrogens with zero attached hydrogens (tertiary/aromatic N) is 1. The topological polar surface area (TPSA) is 33.1 Å². The predicted molar refractivity (Wildman–Crippen MR) is 65.3 cm³/mol. The third-order valence-corrected chi connectivity index (χ3v) is 4.10. The van der Waals surface area contributed by atoms with E-state index in [0.717, 1.165) is 10.0 Å². The molecule has 78 valence electrons. The van der Waals surface area contributed by atoms with Crippen LogP contribution in [0.1, 0.15) is 17.2 Å². The molecule has 0 aromatic carbocycles. The average molecular weight is 305 g/mol. The summed E-state index contributed by atoms with van der Waals surface area (Å²) >= 11 is 10.9. The largest absolute Gasteiger partial charge is 0.384 e. The van der Waals surface area contributed by atoms with E-state index in [1.165, 1.54) is 17.5 Å². The lowest BCUT2D eigenvalue weighted by molar-refractivity contribution is 0.220. The molecule has 0 bridgehead atoms. The number of aromatic nitrogens is 1. The molecule has 0 saturated carbocycles. The Bertz CT molecular complexity index is 474. The summed E-state index contributed by atoms with van der Waals surface area (Å²) in [6.45, 7) is 0. The number of thiophene rings is 1. The minimum atomic E-state index is -0.707. The highest BCUT2D eigenvalue weighted by atomic mass is 79.9. The van der Waals surface area contributed by atoms with Gasteiger partial charge in [0, 0.05) is 33.4 Å². The van der Waals surface area contributed by atoms with Crippen LogP contribution in [0.4, 0.5) is 0 Å². The summed E-state index contributed by atoms with van der Waals surface area (Å²) in [5.41, 5.74) is 1.50. The first kappa shape index (κ1) is 11.1. The van der Waals surface area contributed by atoms with Gasteiger partial charge in [0.15, 0.2) is 0 Å². The zero-order valence-electron chi connectivity index (χ0n) is 7.52. The van der Waals surface area contributed by atoms with Crippen molar-refractivity contribution in [3.05, 3.63) is 49.8 Å². The molecule has 0 aliphatic carbocycles. The van der Waals surface area contributed by atoms with Crippen molar-refractivity contribution >= 4 is 38.9 Å². The van der Waals surface area contributed by atoms with Crippen LogP contribution in [0, 0.1) is 0 Å². The van der Waals surface area contributed by atoms with Gasteiger partial charge in [-0.15, -0.1) is 0 Å². The smallest absolute Gasteiger partial charge is 0.107 e. The maximum atomic E-state index is 10.1. The molecule has 2 aromatic rings. The Hall–Kier alpha value is -0.420. The summed E-state index contributed by atoms with van der Waals surface area (Å²) in [4.78, 5) is 3.88. The molecule has 0 saturated heterocycles. The van der Waals surface area contributed by atoms with E-state index in [9.17, 15) is 5.11 Å². The fourth-order valence-electron chi connectivity index (χ4n) is 1.26. The van der Waals surface area contributed by atoms with Gasteiger partial charge in [0.1, 0.15) is 6.10 Å². The van der Waals surface area contributed by atoms with E-state index in [1.54, 1.807) is 12.3 Å². The van der Waals surface area contributed by atoms with Crippen molar-refractivity contribution in [2.45, 2.75) is 6.10 Å². The maximum absolute atomic E-state index is 10.1. The van der Waals surface area contributed by atoms with Gasteiger partial charge in [-0.1, -0.05) is 11.6 Å². The van der Waals surface area contributed by atoms with Crippen molar-refractivity contribution in [1.82, 2.24) is 4.98 Å². The summed E-state index contributed by atoms with van der Waals surface area (Å²) < 4.78 is 0.896. The minimum absolute atomic E-state index is 0.475. The van der Waals surface area contributed by atoms with Gasteiger partial charge in [-0.25, -0.2) is 0 Å². The van der Waals surface area contributed by atoms with Crippen LogP contribution >= 0.6 is 38.9 Å². The van der Waals surface area contributed by atoms with E-state index < -0.39 is 6.10 Å². The first-order valence-electron chi connectivity index (χ1n) is 4.19. The number of rotatable bonds is 2. The maximum Gasteiger partial charge on any atom is 0.107 e. The second kappa shape index (κ2) is 4.61. The second-order valence-corrected chi connectivity index (χ2v) is 4.98. The molecule has 2 nitrogen and oxygen atoms in total. The van der Waals surface area contributed by atoms with Crippen LogP contribution in [0.25, 0.3) is 0 Å². The van der Waals surface area contributed by atoms with Crippen LogP contribution in [0.2, 0.25) is 5.02 Å². The van der Waals surface area contributed by atoms with Crippen LogP contribution in [0.15, 0.2) is 33.7 Å². The first-order valence-corrected chi connectivity index (χ1v) is 6.30. The first-order chi connectivity index (χ1) is 7.20. The van der Waals surface area contributed by atoms with Crippen molar-refractivity contribution in [1.29, 1.82) is 0 Å². The van der Waals surface area contributed by atoms with Gasteiger partial charge in [-0.05, 0) is 27.4 Å². The standard InChI is InChI=1S/C10H7BrClNOS/c11-8-5-15-4-7(8)10(14)6-1-2-13-3-9(6)12/h1-5,10,14H. The number of aliphatic hydroxyl groups is 1. The fraction of sp³-hybridized carbons (Fsp3) is 0.100. The van der Waals surface area contributed by atoms with Gasteiger partial charge in [0.25, 0.3) is 0 Å². The molecular weight excluding hydrogens is 298 g/mol. The lowest BCUT2D eigenvalue weighted by Gasteiger charge is -2.11. The third kappa shape index (κ3) is 2.23. The van der Waals surface area contributed by atoms with Gasteiger partial charge in [-0.2, -0.15) is 11.3 Å². The normalized spacial score (nSPS) is 12.7. The molecule has 0 fully saturated rings. The number of hydrogen-bond acceptors (Lipinski definition) is 3. The molecule has 2 heterocycles. The molecule has 5 heteroatoms. The quantitative estimate of drug-likeness (QED) is 0.919. The lowest BCUT2D eigenvalue weighted by atomic mass is 10.1. The predicted octanol–water partition coefficient (Wildman–Crippen LogP) is 3.64. The SMILES string of the molecule is OC(c1ccncc1Cl)c1cscc1Br. The van der Waals surface area contributed by atoms with Crippen molar-refractivity contribution in [2.75, 3.05) is 0 Å². The summed E-state index contributed by atoms with van der Waals surface area (Å²) in [7, 11) is 0. The van der Waals surface area contributed by atoms with Crippen LogP contribution in [-0.4, -0.2) is 10.1 Å². The molecule has 0 aliphatic heterocycles. The van der Waals surface area contributed by atoms with E-state index in [-0.39, 0.29) is 0 Å². The summed E-state index contributed by atoms with van der Waals surface area (Å²) in [5.74, 6) is 0. The zero-order valence-corrected chi connectivity index (χ0v) is 10.7. The molecule has 2 aromatic heterocycles. The molecule has 0 spiro atoms. The van der Waals surface area contributed by atoms with Crippen molar-refractivity contribution < 1.29 is 5.11 Å². The number of halogens is 2. The van der Waals surface area contributed by atoms with E-state index in [2.05, 4.69) is 20.9 Å². The van der Waals surface area contributed by atoms with Gasteiger partial charge in [-0.3, -0.25) is 4.98 Å². The molecule has 0 aliphatic rings. The number of hydrogen-bond donors (Lipinski definition) is 1. The second-order valence-electron chi connectivity index (χ2n) is 2.97. The molecule has 1 atom stereocenters. The average Bonchev–Trinajstić information content (AvgIpc) is 2.64. The Morgan fingerprint density at radius 2 is 2.20 bits per heavy atom. The Morgan fingerprint density at radius 3 is 2.80 bits per heavy atom. The Balaban J connectivity index is 2.41. The van der Waals surface area contributed by atoms with Crippen molar-refractivity contribution in [2.24, 2.45) is 0 Å². The molecule has 15 heavy (non-hydrogen) atoms. The highest BCUT2D eigenvalue weighted by Crippen LogP contribution is 2.33. The Labute approximate surface area is 105 Å². The van der Waals surface area contributed by atoms with E-state index in [0.29, 0.717) is 10.6 Å². The summed E-state index contributed by atoms with van der Waals surface area (Å²) in [6.07, 6.45) is 2.44. The third-order valence-electron chi connectivity index (χ3n) is 2.04. The van der Waals surface area contributed by atoms with E-state index in [4.69, 9.17) is 11.6 Å². The highest BCUT2D eigenvalue weighted by molar-refractivity contribution is 9.10. The number of aliphatic hydroxyl groups excluding tert-OH is 1. The van der Waals surface area contributed by atoms with E-state index >= 15 is 0 Å². The van der Waals surface area contributed by atoms with Gasteiger partial charge < -0.3 is 5.11 Å². The fourth-order valence-corrected chi connectivity index (χ4v) is 3.02. The highest BCUT2D eigenvalue weighted by Gasteiger charge is 2.16. The molecule has 2 rings (SSSR count).